The van der Waals surface area contributed by atoms with E-state index in [0.29, 0.717) is 48.9 Å². The summed E-state index contributed by atoms with van der Waals surface area (Å²) in [6.07, 6.45) is 1.98. The number of hydrogen-bond acceptors (Lipinski definition) is 8. The van der Waals surface area contributed by atoms with Crippen molar-refractivity contribution < 1.29 is 33.0 Å². The first-order valence-corrected chi connectivity index (χ1v) is 14.2. The molecule has 222 valence electrons. The Kier molecular flexibility index (Phi) is 9.06. The summed E-state index contributed by atoms with van der Waals surface area (Å²) in [4.78, 5) is 46.7. The Balaban J connectivity index is 1.42. The molecule has 11 nitrogen and oxygen atoms in total. The normalized spacial score (nSPS) is 20.1. The first-order chi connectivity index (χ1) is 20.3. The number of fused-ring (bicyclic) bond motifs is 5. The fourth-order valence-electron chi connectivity index (χ4n) is 5.29. The highest BCUT2D eigenvalue weighted by Gasteiger charge is 2.35. The van der Waals surface area contributed by atoms with Gasteiger partial charge in [-0.2, -0.15) is 0 Å². The number of methoxy groups -OCH3 is 1. The molecule has 0 radical (unpaired) electrons. The lowest BCUT2D eigenvalue weighted by atomic mass is 10.0. The molecule has 0 spiro atoms. The first kappa shape index (κ1) is 29.1. The molecule has 1 fully saturated rings. The van der Waals surface area contributed by atoms with Gasteiger partial charge >= 0.3 is 0 Å². The minimum Gasteiger partial charge on any atom is -0.493 e. The van der Waals surface area contributed by atoms with Gasteiger partial charge in [0, 0.05) is 26.1 Å². The van der Waals surface area contributed by atoms with E-state index in [4.69, 9.17) is 18.6 Å². The van der Waals surface area contributed by atoms with Crippen molar-refractivity contribution in [2.45, 2.75) is 51.9 Å². The third-order valence-electron chi connectivity index (χ3n) is 7.65. The van der Waals surface area contributed by atoms with Crippen LogP contribution >= 0.6 is 0 Å². The second kappa shape index (κ2) is 13.1. The second-order valence-corrected chi connectivity index (χ2v) is 10.5. The Hall–Kier alpha value is -4.38. The minimum atomic E-state index is -0.495. The molecule has 1 aromatic heterocycles. The molecule has 0 saturated carbocycles. The molecular weight excluding hydrogens is 540 g/mol. The van der Waals surface area contributed by atoms with E-state index >= 15 is 0 Å². The standard InChI is InChI=1S/C31H36N4O7/c1-4-34-17-28(36)33-24-12-13-35(31(38)30-20(2)41-19-32-30)16-27(24)40-18-22-6-5-7-23(14-22)42-26-15-21(9-11-29(34)37)8-10-25(26)39-3/h5-8,10,14-15,19,24,27H,4,9,11-13,16-18H2,1-3H3,(H,33,36)/t24-,27-/m0/s1. The maximum absolute atomic E-state index is 13.2. The van der Waals surface area contributed by atoms with Gasteiger partial charge in [0.25, 0.3) is 5.91 Å². The van der Waals surface area contributed by atoms with Crippen molar-refractivity contribution in [2.24, 2.45) is 0 Å². The van der Waals surface area contributed by atoms with E-state index in [2.05, 4.69) is 10.3 Å². The van der Waals surface area contributed by atoms with Gasteiger partial charge in [0.2, 0.25) is 11.8 Å². The van der Waals surface area contributed by atoms with Gasteiger partial charge in [-0.1, -0.05) is 18.2 Å². The van der Waals surface area contributed by atoms with Crippen LogP contribution in [0.4, 0.5) is 0 Å². The molecule has 1 saturated heterocycles. The topological polar surface area (TPSA) is 123 Å². The number of rotatable bonds is 3. The van der Waals surface area contributed by atoms with Crippen LogP contribution in [0.1, 0.15) is 47.1 Å². The highest BCUT2D eigenvalue weighted by Crippen LogP contribution is 2.33. The lowest BCUT2D eigenvalue weighted by molar-refractivity contribution is -0.136. The monoisotopic (exact) mass is 576 g/mol. The molecule has 42 heavy (non-hydrogen) atoms. The van der Waals surface area contributed by atoms with Crippen LogP contribution in [0.15, 0.2) is 53.3 Å². The summed E-state index contributed by atoms with van der Waals surface area (Å²) in [6, 6.07) is 12.8. The Morgan fingerprint density at radius 3 is 2.76 bits per heavy atom. The van der Waals surface area contributed by atoms with E-state index < -0.39 is 6.10 Å². The fraction of sp³-hybridized carbons (Fsp3) is 0.419. The van der Waals surface area contributed by atoms with E-state index in [1.54, 1.807) is 23.8 Å². The number of ether oxygens (including phenoxy) is 3. The van der Waals surface area contributed by atoms with E-state index in [9.17, 15) is 14.4 Å². The number of nitrogens with zero attached hydrogens (tertiary/aromatic N) is 3. The van der Waals surface area contributed by atoms with Crippen LogP contribution in [0.3, 0.4) is 0 Å². The van der Waals surface area contributed by atoms with Crippen LogP contribution in [-0.2, 0) is 27.4 Å². The summed E-state index contributed by atoms with van der Waals surface area (Å²) in [5, 5.41) is 3.07. The van der Waals surface area contributed by atoms with Crippen molar-refractivity contribution >= 4 is 17.7 Å². The molecule has 2 aliphatic heterocycles. The number of carbonyl (C=O) groups excluding carboxylic acids is 3. The Morgan fingerprint density at radius 1 is 1.14 bits per heavy atom. The summed E-state index contributed by atoms with van der Waals surface area (Å²) < 4.78 is 23.3. The van der Waals surface area contributed by atoms with Crippen LogP contribution in [0.25, 0.3) is 0 Å². The second-order valence-electron chi connectivity index (χ2n) is 10.5. The number of likely N-dealkylation sites (N-methyl/N-ethyl adjacent to an activating group) is 1. The zero-order chi connectivity index (χ0) is 29.6. The maximum Gasteiger partial charge on any atom is 0.276 e. The molecule has 0 unspecified atom stereocenters. The smallest absolute Gasteiger partial charge is 0.276 e. The number of oxazole rings is 1. The molecule has 0 aliphatic carbocycles. The number of carbonyl (C=O) groups is 3. The van der Waals surface area contributed by atoms with Crippen LogP contribution < -0.4 is 14.8 Å². The minimum absolute atomic E-state index is 0.0572. The van der Waals surface area contributed by atoms with Crippen molar-refractivity contribution in [2.75, 3.05) is 33.3 Å². The van der Waals surface area contributed by atoms with Gasteiger partial charge in [0.05, 0.1) is 32.4 Å². The average Bonchev–Trinajstić information content (AvgIpc) is 3.43. The van der Waals surface area contributed by atoms with Crippen molar-refractivity contribution in [3.8, 4) is 17.2 Å². The quantitative estimate of drug-likeness (QED) is 0.503. The van der Waals surface area contributed by atoms with Gasteiger partial charge in [0.1, 0.15) is 11.5 Å². The summed E-state index contributed by atoms with van der Waals surface area (Å²) in [5.41, 5.74) is 2.05. The van der Waals surface area contributed by atoms with Crippen LogP contribution in [-0.4, -0.2) is 77.9 Å². The lowest BCUT2D eigenvalue weighted by Crippen LogP contribution is -2.57. The number of hydrogen-bond donors (Lipinski definition) is 1. The van der Waals surface area contributed by atoms with Crippen molar-refractivity contribution in [3.63, 3.8) is 0 Å². The Bertz CT molecular complexity index is 1440. The van der Waals surface area contributed by atoms with Crippen molar-refractivity contribution in [3.05, 3.63) is 71.4 Å². The lowest BCUT2D eigenvalue weighted by Gasteiger charge is -2.38. The maximum atomic E-state index is 13.2. The fourth-order valence-corrected chi connectivity index (χ4v) is 5.29. The van der Waals surface area contributed by atoms with Gasteiger partial charge < -0.3 is 33.7 Å². The van der Waals surface area contributed by atoms with Gasteiger partial charge in [0.15, 0.2) is 23.6 Å². The SMILES string of the molecule is CCN1CC(=O)N[C@H]2CCN(C(=O)c3ncoc3C)C[C@@H]2OCc2cccc(c2)Oc2cc(ccc2OC)CCC1=O. The Morgan fingerprint density at radius 2 is 2.00 bits per heavy atom. The predicted octanol–water partition coefficient (Wildman–Crippen LogP) is 3.49. The summed E-state index contributed by atoms with van der Waals surface area (Å²) >= 11 is 0. The van der Waals surface area contributed by atoms with E-state index in [-0.39, 0.29) is 55.6 Å². The average molecular weight is 577 g/mol. The Labute approximate surface area is 244 Å². The van der Waals surface area contributed by atoms with Gasteiger partial charge in [-0.3, -0.25) is 14.4 Å². The molecule has 2 atom stereocenters. The van der Waals surface area contributed by atoms with Crippen molar-refractivity contribution in [1.29, 1.82) is 0 Å². The highest BCUT2D eigenvalue weighted by molar-refractivity contribution is 5.93. The molecule has 4 bridgehead atoms. The summed E-state index contributed by atoms with van der Waals surface area (Å²) in [7, 11) is 1.58. The van der Waals surface area contributed by atoms with Gasteiger partial charge in [-0.15, -0.1) is 0 Å². The molecule has 1 N–H and O–H groups in total. The van der Waals surface area contributed by atoms with Gasteiger partial charge in [-0.25, -0.2) is 4.98 Å². The van der Waals surface area contributed by atoms with Crippen molar-refractivity contribution in [1.82, 2.24) is 20.1 Å². The molecule has 2 aromatic carbocycles. The third-order valence-corrected chi connectivity index (χ3v) is 7.65. The van der Waals surface area contributed by atoms with Crippen LogP contribution in [0, 0.1) is 6.92 Å². The van der Waals surface area contributed by atoms with E-state index in [0.717, 1.165) is 11.1 Å². The molecular formula is C31H36N4O7. The first-order valence-electron chi connectivity index (χ1n) is 14.2. The third kappa shape index (κ3) is 6.73. The predicted molar refractivity (Wildman–Crippen MR) is 152 cm³/mol. The number of aromatic nitrogens is 1. The largest absolute Gasteiger partial charge is 0.493 e. The number of amides is 3. The zero-order valence-electron chi connectivity index (χ0n) is 24.1. The molecule has 3 amide bonds. The number of piperidine rings is 1. The van der Waals surface area contributed by atoms with E-state index in [1.165, 1.54) is 6.39 Å². The number of benzene rings is 2. The summed E-state index contributed by atoms with van der Waals surface area (Å²) in [5.74, 6) is 1.54. The summed E-state index contributed by atoms with van der Waals surface area (Å²) in [6.45, 7) is 4.80. The zero-order valence-corrected chi connectivity index (χ0v) is 24.1. The van der Waals surface area contributed by atoms with Gasteiger partial charge in [-0.05, 0) is 62.1 Å². The highest BCUT2D eigenvalue weighted by atomic mass is 16.5. The molecule has 2 aliphatic rings. The molecule has 3 aromatic rings. The number of aryl methyl sites for hydroxylation is 2. The number of likely N-dealkylation sites (tertiary alicyclic amines) is 1. The van der Waals surface area contributed by atoms with Crippen LogP contribution in [0.2, 0.25) is 0 Å². The van der Waals surface area contributed by atoms with Crippen LogP contribution in [0.5, 0.6) is 17.2 Å². The van der Waals surface area contributed by atoms with E-state index in [1.807, 2.05) is 49.4 Å². The molecule has 11 heteroatoms. The molecule has 5 rings (SSSR count). The number of nitrogens with one attached hydrogen (secondary N) is 1. The molecule has 3 heterocycles.